The Morgan fingerprint density at radius 2 is 0.704 bits per heavy atom. The van der Waals surface area contributed by atoms with Crippen molar-refractivity contribution in [1.29, 1.82) is 0 Å². The predicted molar refractivity (Wildman–Crippen MR) is 296 cm³/mol. The summed E-state index contributed by atoms with van der Waals surface area (Å²) in [6.45, 7) is 0. The molecule has 346 valence electrons. The zero-order chi connectivity index (χ0) is 46.5. The van der Waals surface area contributed by atoms with E-state index >= 15 is 0 Å². The van der Waals surface area contributed by atoms with Crippen molar-refractivity contribution < 1.29 is 49.2 Å². The van der Waals surface area contributed by atoms with Crippen LogP contribution in [-0.4, -0.2) is 0 Å². The minimum absolute atomic E-state index is 0. The molecule has 13 rings (SSSR count). The van der Waals surface area contributed by atoms with Gasteiger partial charge in [0.05, 0.1) is 0 Å². The molecule has 1 aromatic heterocycles. The van der Waals surface area contributed by atoms with E-state index in [1.165, 1.54) is 87.1 Å². The van der Waals surface area contributed by atoms with Crippen LogP contribution in [0.4, 0.5) is 0 Å². The number of hydrogen-bond donors (Lipinski definition) is 0. The Bertz CT molecular complexity index is 3520. The SMILES string of the molecule is [Au+].[Au+].[C-]#Cc1cccc2c1Cc1ccccc1-2.[C-]#Cc1cccc2c1Cc1ccccc1-2.c1ccc([PH+](c2ccccc2)c2cc3oc4ccccc4c3cc2[PH+](c2ccccc2)c2ccccc2)cc1. The molecule has 0 atom stereocenters. The molecule has 11 aromatic rings. The molecule has 1 nitrogen and oxygen atoms in total. The number of hydrogen-bond acceptors (Lipinski definition) is 1. The number of fused-ring (bicyclic) bond motifs is 9. The molecule has 0 N–H and O–H groups in total. The smallest absolute Gasteiger partial charge is 0.456 e. The zero-order valence-corrected chi connectivity index (χ0v) is 44.9. The summed E-state index contributed by atoms with van der Waals surface area (Å²) in [4.78, 5) is 0. The van der Waals surface area contributed by atoms with Gasteiger partial charge < -0.3 is 17.3 Å². The van der Waals surface area contributed by atoms with Crippen LogP contribution in [-0.2, 0) is 57.6 Å². The van der Waals surface area contributed by atoms with E-state index in [1.54, 1.807) is 0 Å². The van der Waals surface area contributed by atoms with Gasteiger partial charge in [-0.3, -0.25) is 11.8 Å². The molecule has 0 radical (unpaired) electrons. The first-order chi connectivity index (χ1) is 34.2. The molecule has 0 saturated heterocycles. The molecule has 0 fully saturated rings. The van der Waals surface area contributed by atoms with Crippen molar-refractivity contribution in [2.45, 2.75) is 12.8 Å². The Morgan fingerprint density at radius 1 is 0.338 bits per heavy atom. The monoisotopic (exact) mass is 1310 g/mol. The molecular weight excluding hydrogens is 1260 g/mol. The van der Waals surface area contributed by atoms with Gasteiger partial charge in [0.1, 0.15) is 58.8 Å². The number of para-hydroxylation sites is 1. The van der Waals surface area contributed by atoms with E-state index in [0.29, 0.717) is 0 Å². The molecule has 0 aliphatic heterocycles. The van der Waals surface area contributed by atoms with E-state index in [1.807, 2.05) is 24.3 Å². The van der Waals surface area contributed by atoms with Crippen molar-refractivity contribution in [3.8, 4) is 34.1 Å². The summed E-state index contributed by atoms with van der Waals surface area (Å²) in [5, 5.41) is 10.8. The standard InChI is InChI=1S/C36H26OP2.2C15H9.2Au/c1-5-15-27(16-6-1)38(28-17-7-2-8-18-28)35-25-32-31-23-13-14-24-33(31)37-34(32)26-36(35)39(29-19-9-3-10-20-29)30-21-11-4-12-22-30;2*1-2-11-7-5-9-14-13-8-4-3-6-12(13)10-15(11)14;;/h1-26H;2*3-9H,10H2;;/q;2*-1;2*+1/p+2. The first-order valence-corrected chi connectivity index (χ1v) is 26.3. The summed E-state index contributed by atoms with van der Waals surface area (Å²) in [7, 11) is -2.65. The summed E-state index contributed by atoms with van der Waals surface area (Å²) >= 11 is 0. The molecule has 10 aromatic carbocycles. The zero-order valence-electron chi connectivity index (χ0n) is 38.5. The van der Waals surface area contributed by atoms with Gasteiger partial charge in [-0.15, -0.1) is 34.4 Å². The number of furan rings is 1. The molecule has 5 heteroatoms. The molecule has 2 aliphatic rings. The normalized spacial score (nSPS) is 11.3. The Balaban J connectivity index is 0.000000159. The van der Waals surface area contributed by atoms with Gasteiger partial charge in [-0.2, -0.15) is 0 Å². The molecule has 0 bridgehead atoms. The minimum Gasteiger partial charge on any atom is -0.456 e. The quantitative estimate of drug-likeness (QED) is 0.0700. The van der Waals surface area contributed by atoms with Crippen LogP contribution in [0.5, 0.6) is 0 Å². The Hall–Kier alpha value is -6.54. The first-order valence-electron chi connectivity index (χ1n) is 23.3. The number of rotatable bonds is 6. The van der Waals surface area contributed by atoms with E-state index in [4.69, 9.17) is 17.3 Å². The maximum atomic E-state index is 7.27. The van der Waals surface area contributed by atoms with Gasteiger partial charge in [0.15, 0.2) is 0 Å². The van der Waals surface area contributed by atoms with Gasteiger partial charge in [-0.05, 0) is 107 Å². The van der Waals surface area contributed by atoms with Gasteiger partial charge >= 0.3 is 44.8 Å². The third-order valence-electron chi connectivity index (χ3n) is 13.3. The number of benzene rings is 10. The van der Waals surface area contributed by atoms with Crippen LogP contribution in [0.3, 0.4) is 0 Å². The molecule has 2 aliphatic carbocycles. The topological polar surface area (TPSA) is 13.1 Å². The van der Waals surface area contributed by atoms with E-state index in [0.717, 1.165) is 35.1 Å². The van der Waals surface area contributed by atoms with Crippen LogP contribution >= 0.6 is 15.8 Å². The average molecular weight is 1310 g/mol. The molecular formula is C66H46Au2OP2+2. The maximum absolute atomic E-state index is 7.27. The molecule has 71 heavy (non-hydrogen) atoms. The first kappa shape index (κ1) is 49.4. The van der Waals surface area contributed by atoms with Crippen LogP contribution in [0.1, 0.15) is 33.4 Å². The third kappa shape index (κ3) is 10.0. The Morgan fingerprint density at radius 3 is 1.14 bits per heavy atom. The van der Waals surface area contributed by atoms with Crippen molar-refractivity contribution >= 4 is 69.6 Å². The molecule has 0 unspecified atom stereocenters. The van der Waals surface area contributed by atoms with Gasteiger partial charge in [-0.25, -0.2) is 0 Å². The predicted octanol–water partition coefficient (Wildman–Crippen LogP) is 13.0. The van der Waals surface area contributed by atoms with Crippen LogP contribution in [0.25, 0.3) is 44.2 Å². The van der Waals surface area contributed by atoms with Gasteiger partial charge in [0.25, 0.3) is 0 Å². The average Bonchev–Trinajstić information content (AvgIpc) is 4.12. The summed E-state index contributed by atoms with van der Waals surface area (Å²) < 4.78 is 6.49. The second-order valence-electron chi connectivity index (χ2n) is 17.3. The second kappa shape index (κ2) is 22.7. The van der Waals surface area contributed by atoms with Crippen molar-refractivity contribution in [3.05, 3.63) is 289 Å². The van der Waals surface area contributed by atoms with Crippen molar-refractivity contribution in [1.82, 2.24) is 0 Å². The minimum atomic E-state index is -1.33. The summed E-state index contributed by atoms with van der Waals surface area (Å²) in [6, 6.07) is 86.5. The van der Waals surface area contributed by atoms with Gasteiger partial charge in [0, 0.05) is 16.8 Å². The van der Waals surface area contributed by atoms with Crippen molar-refractivity contribution in [3.63, 3.8) is 0 Å². The van der Waals surface area contributed by atoms with Gasteiger partial charge in [-0.1, -0.05) is 164 Å². The third-order valence-corrected chi connectivity index (χ3v) is 19.1. The van der Waals surface area contributed by atoms with E-state index in [9.17, 15) is 0 Å². The molecule has 0 amide bonds. The van der Waals surface area contributed by atoms with Crippen LogP contribution in [0.15, 0.2) is 247 Å². The fraction of sp³-hybridized carbons (Fsp3) is 0.0303. The van der Waals surface area contributed by atoms with E-state index in [-0.39, 0.29) is 44.8 Å². The fourth-order valence-corrected chi connectivity index (χ4v) is 16.1. The van der Waals surface area contributed by atoms with Crippen LogP contribution in [0, 0.1) is 24.7 Å². The Kier molecular flexibility index (Phi) is 15.8. The maximum Gasteiger partial charge on any atom is 1.00 e. The van der Waals surface area contributed by atoms with Gasteiger partial charge in [0.2, 0.25) is 0 Å². The second-order valence-corrected chi connectivity index (χ2v) is 22.2. The van der Waals surface area contributed by atoms with E-state index < -0.39 is 15.8 Å². The molecule has 1 heterocycles. The van der Waals surface area contributed by atoms with Crippen LogP contribution < -0.4 is 31.8 Å². The summed E-state index contributed by atoms with van der Waals surface area (Å²) in [5.74, 6) is 5.02. The largest absolute Gasteiger partial charge is 1.00 e. The summed E-state index contributed by atoms with van der Waals surface area (Å²) in [6.07, 6.45) is 16.4. The fourth-order valence-electron chi connectivity index (χ4n) is 10.1. The van der Waals surface area contributed by atoms with E-state index in [2.05, 4.69) is 230 Å². The Labute approximate surface area is 451 Å². The van der Waals surface area contributed by atoms with Crippen LogP contribution in [0.2, 0.25) is 0 Å². The van der Waals surface area contributed by atoms with Crippen molar-refractivity contribution in [2.75, 3.05) is 0 Å². The molecule has 0 spiro atoms. The van der Waals surface area contributed by atoms with Crippen molar-refractivity contribution in [2.24, 2.45) is 0 Å². The molecule has 0 saturated carbocycles. The summed E-state index contributed by atoms with van der Waals surface area (Å²) in [5.41, 5.74) is 14.1.